The van der Waals surface area contributed by atoms with Crippen LogP contribution in [0.3, 0.4) is 0 Å². The van der Waals surface area contributed by atoms with Crippen molar-refractivity contribution in [3.63, 3.8) is 0 Å². The van der Waals surface area contributed by atoms with Crippen LogP contribution >= 0.6 is 0 Å². The first kappa shape index (κ1) is 14.2. The van der Waals surface area contributed by atoms with Crippen molar-refractivity contribution in [3.8, 4) is 0 Å². The van der Waals surface area contributed by atoms with Gasteiger partial charge in [0.15, 0.2) is 5.58 Å². The number of anilines is 1. The van der Waals surface area contributed by atoms with E-state index in [-0.39, 0.29) is 5.82 Å². The third-order valence-corrected chi connectivity index (χ3v) is 4.24. The average molecular weight is 311 g/mol. The van der Waals surface area contributed by atoms with Crippen LogP contribution in [0.4, 0.5) is 10.4 Å². The molecule has 0 bridgehead atoms. The summed E-state index contributed by atoms with van der Waals surface area (Å²) in [6, 6.07) is 15.3. The minimum Gasteiger partial charge on any atom is -0.423 e. The van der Waals surface area contributed by atoms with E-state index in [9.17, 15) is 4.39 Å². The van der Waals surface area contributed by atoms with Gasteiger partial charge in [0.2, 0.25) is 0 Å². The summed E-state index contributed by atoms with van der Waals surface area (Å²) in [6.45, 7) is 4.50. The molecule has 0 unspecified atom stereocenters. The molecule has 4 rings (SSSR count). The number of piperazine rings is 1. The molecule has 0 N–H and O–H groups in total. The topological polar surface area (TPSA) is 32.5 Å². The second-order valence-electron chi connectivity index (χ2n) is 5.85. The van der Waals surface area contributed by atoms with E-state index in [0.29, 0.717) is 6.01 Å². The van der Waals surface area contributed by atoms with Gasteiger partial charge in [-0.05, 0) is 29.8 Å². The van der Waals surface area contributed by atoms with Gasteiger partial charge < -0.3 is 9.32 Å². The van der Waals surface area contributed by atoms with Crippen molar-refractivity contribution in [1.29, 1.82) is 0 Å². The third-order valence-electron chi connectivity index (χ3n) is 4.24. The van der Waals surface area contributed by atoms with Crippen LogP contribution in [0.5, 0.6) is 0 Å². The van der Waals surface area contributed by atoms with Crippen LogP contribution in [0.2, 0.25) is 0 Å². The molecule has 0 saturated carbocycles. The maximum Gasteiger partial charge on any atom is 0.298 e. The van der Waals surface area contributed by atoms with E-state index in [2.05, 4.69) is 14.8 Å². The van der Waals surface area contributed by atoms with Crippen LogP contribution in [0, 0.1) is 5.82 Å². The van der Waals surface area contributed by atoms with Crippen molar-refractivity contribution >= 4 is 17.1 Å². The second kappa shape index (κ2) is 6.01. The number of nitrogens with zero attached hydrogens (tertiary/aromatic N) is 3. The molecule has 0 aliphatic carbocycles. The molecule has 3 aromatic rings. The first-order valence-electron chi connectivity index (χ1n) is 7.85. The molecule has 0 radical (unpaired) electrons. The van der Waals surface area contributed by atoms with Gasteiger partial charge in [-0.25, -0.2) is 4.39 Å². The number of benzene rings is 2. The predicted molar refractivity (Wildman–Crippen MR) is 87.9 cm³/mol. The summed E-state index contributed by atoms with van der Waals surface area (Å²) in [5.74, 6) is -0.186. The Morgan fingerprint density at radius 3 is 2.43 bits per heavy atom. The van der Waals surface area contributed by atoms with E-state index in [0.717, 1.165) is 49.4 Å². The fraction of sp³-hybridized carbons (Fsp3) is 0.278. The number of hydrogen-bond acceptors (Lipinski definition) is 4. The van der Waals surface area contributed by atoms with Crippen LogP contribution in [-0.2, 0) is 6.54 Å². The summed E-state index contributed by atoms with van der Waals surface area (Å²) in [7, 11) is 0. The first-order valence-corrected chi connectivity index (χ1v) is 7.85. The Bertz CT molecular complexity index is 758. The highest BCUT2D eigenvalue weighted by molar-refractivity contribution is 5.74. The number of oxazole rings is 1. The van der Waals surface area contributed by atoms with Gasteiger partial charge in [0, 0.05) is 32.7 Å². The summed E-state index contributed by atoms with van der Waals surface area (Å²) in [5, 5.41) is 0. The van der Waals surface area contributed by atoms with E-state index in [4.69, 9.17) is 4.42 Å². The minimum absolute atomic E-state index is 0.186. The van der Waals surface area contributed by atoms with E-state index in [1.165, 1.54) is 12.1 Å². The lowest BCUT2D eigenvalue weighted by atomic mass is 10.2. The molecule has 1 saturated heterocycles. The number of rotatable bonds is 3. The molecule has 1 aliphatic rings. The molecular formula is C18H18FN3O. The summed E-state index contributed by atoms with van der Waals surface area (Å²) < 4.78 is 18.8. The Kier molecular flexibility index (Phi) is 3.71. The maximum atomic E-state index is 13.0. The predicted octanol–water partition coefficient (Wildman–Crippen LogP) is 3.29. The highest BCUT2D eigenvalue weighted by Crippen LogP contribution is 2.22. The van der Waals surface area contributed by atoms with Gasteiger partial charge in [-0.1, -0.05) is 24.3 Å². The van der Waals surface area contributed by atoms with E-state index in [1.807, 2.05) is 36.4 Å². The Balaban J connectivity index is 1.39. The molecule has 0 atom stereocenters. The van der Waals surface area contributed by atoms with Crippen LogP contribution in [0.15, 0.2) is 52.9 Å². The summed E-state index contributed by atoms with van der Waals surface area (Å²) in [6.07, 6.45) is 0. The van der Waals surface area contributed by atoms with Gasteiger partial charge in [0.25, 0.3) is 6.01 Å². The van der Waals surface area contributed by atoms with Gasteiger partial charge in [-0.15, -0.1) is 0 Å². The minimum atomic E-state index is -0.186. The second-order valence-corrected chi connectivity index (χ2v) is 5.85. The van der Waals surface area contributed by atoms with Crippen LogP contribution < -0.4 is 4.90 Å². The number of para-hydroxylation sites is 2. The molecule has 1 aliphatic heterocycles. The lowest BCUT2D eigenvalue weighted by Gasteiger charge is -2.33. The molecule has 5 heteroatoms. The van der Waals surface area contributed by atoms with E-state index < -0.39 is 0 Å². The molecule has 0 amide bonds. The highest BCUT2D eigenvalue weighted by atomic mass is 19.1. The Hall–Kier alpha value is -2.40. The van der Waals surface area contributed by atoms with Crippen LogP contribution in [0.1, 0.15) is 5.56 Å². The quantitative estimate of drug-likeness (QED) is 0.743. The molecule has 1 aromatic heterocycles. The SMILES string of the molecule is Fc1ccc(CN2CCN(c3nc4ccccc4o3)CC2)cc1. The molecule has 2 heterocycles. The number of aromatic nitrogens is 1. The van der Waals surface area contributed by atoms with E-state index in [1.54, 1.807) is 0 Å². The Morgan fingerprint density at radius 1 is 0.957 bits per heavy atom. The smallest absolute Gasteiger partial charge is 0.298 e. The van der Waals surface area contributed by atoms with Gasteiger partial charge in [-0.2, -0.15) is 4.98 Å². The maximum absolute atomic E-state index is 13.0. The molecule has 1 fully saturated rings. The zero-order valence-corrected chi connectivity index (χ0v) is 12.8. The van der Waals surface area contributed by atoms with Crippen molar-refractivity contribution in [2.24, 2.45) is 0 Å². The highest BCUT2D eigenvalue weighted by Gasteiger charge is 2.21. The Morgan fingerprint density at radius 2 is 1.70 bits per heavy atom. The largest absolute Gasteiger partial charge is 0.423 e. The standard InChI is InChI=1S/C18H18FN3O/c19-15-7-5-14(6-8-15)13-21-9-11-22(12-10-21)18-20-16-3-1-2-4-17(16)23-18/h1-8H,9-13H2. The van der Waals surface area contributed by atoms with Crippen molar-refractivity contribution in [2.75, 3.05) is 31.1 Å². The molecule has 0 spiro atoms. The number of fused-ring (bicyclic) bond motifs is 1. The van der Waals surface area contributed by atoms with Gasteiger partial charge in [-0.3, -0.25) is 4.90 Å². The molecule has 4 nitrogen and oxygen atoms in total. The van der Waals surface area contributed by atoms with E-state index >= 15 is 0 Å². The number of halogens is 1. The van der Waals surface area contributed by atoms with Gasteiger partial charge in [0.1, 0.15) is 11.3 Å². The van der Waals surface area contributed by atoms with Crippen molar-refractivity contribution < 1.29 is 8.81 Å². The lowest BCUT2D eigenvalue weighted by molar-refractivity contribution is 0.245. The molecular weight excluding hydrogens is 293 g/mol. The van der Waals surface area contributed by atoms with Crippen molar-refractivity contribution in [2.45, 2.75) is 6.54 Å². The molecule has 2 aromatic carbocycles. The lowest BCUT2D eigenvalue weighted by Crippen LogP contribution is -2.46. The summed E-state index contributed by atoms with van der Waals surface area (Å²) in [5.41, 5.74) is 2.87. The van der Waals surface area contributed by atoms with Gasteiger partial charge in [0.05, 0.1) is 0 Å². The van der Waals surface area contributed by atoms with Crippen LogP contribution in [0.25, 0.3) is 11.1 Å². The molecule has 23 heavy (non-hydrogen) atoms. The monoisotopic (exact) mass is 311 g/mol. The zero-order chi connectivity index (χ0) is 15.6. The fourth-order valence-electron chi connectivity index (χ4n) is 2.94. The summed E-state index contributed by atoms with van der Waals surface area (Å²) >= 11 is 0. The zero-order valence-electron chi connectivity index (χ0n) is 12.8. The fourth-order valence-corrected chi connectivity index (χ4v) is 2.94. The normalized spacial score (nSPS) is 16.1. The van der Waals surface area contributed by atoms with Crippen molar-refractivity contribution in [3.05, 3.63) is 59.9 Å². The third kappa shape index (κ3) is 3.05. The Labute approximate surface area is 134 Å². The first-order chi connectivity index (χ1) is 11.3. The van der Waals surface area contributed by atoms with Crippen LogP contribution in [-0.4, -0.2) is 36.1 Å². The van der Waals surface area contributed by atoms with Gasteiger partial charge >= 0.3 is 0 Å². The summed E-state index contributed by atoms with van der Waals surface area (Å²) in [4.78, 5) is 9.10. The van der Waals surface area contributed by atoms with Crippen molar-refractivity contribution in [1.82, 2.24) is 9.88 Å². The number of hydrogen-bond donors (Lipinski definition) is 0. The average Bonchev–Trinajstić information content (AvgIpc) is 3.02. The molecule has 118 valence electrons.